The van der Waals surface area contributed by atoms with E-state index >= 15 is 0 Å². The number of benzene rings is 1. The molecule has 104 valence electrons. The molecule has 4 rings (SSSR count). The Bertz CT molecular complexity index is 654. The first-order chi connectivity index (χ1) is 9.74. The van der Waals surface area contributed by atoms with Gasteiger partial charge in [-0.3, -0.25) is 0 Å². The lowest BCUT2D eigenvalue weighted by molar-refractivity contribution is 0.471. The average molecular weight is 268 g/mol. The molecule has 0 aliphatic carbocycles. The number of aryl methyl sites for hydroxylation is 1. The highest BCUT2D eigenvalue weighted by Gasteiger charge is 2.42. The molecule has 4 heteroatoms. The average Bonchev–Trinajstić information content (AvgIpc) is 3.02. The monoisotopic (exact) mass is 268 g/mol. The van der Waals surface area contributed by atoms with E-state index in [0.717, 1.165) is 54.0 Å². The third-order valence-corrected chi connectivity index (χ3v) is 4.93. The van der Waals surface area contributed by atoms with E-state index in [1.54, 1.807) is 0 Å². The maximum Gasteiger partial charge on any atom is 0.151 e. The molecule has 20 heavy (non-hydrogen) atoms. The molecule has 3 heterocycles. The molecular weight excluding hydrogens is 248 g/mol. The summed E-state index contributed by atoms with van der Waals surface area (Å²) in [5.41, 5.74) is 3.03. The molecule has 0 amide bonds. The topological polar surface area (TPSA) is 41.1 Å². The highest BCUT2D eigenvalue weighted by atomic mass is 15.3. The quantitative estimate of drug-likeness (QED) is 0.858. The Morgan fingerprint density at radius 1 is 1.15 bits per heavy atom. The van der Waals surface area contributed by atoms with Crippen molar-refractivity contribution in [1.82, 2.24) is 15.3 Å². The molecular formula is C16H20N4. The van der Waals surface area contributed by atoms with Gasteiger partial charge in [-0.25, -0.2) is 9.97 Å². The molecule has 3 unspecified atom stereocenters. The van der Waals surface area contributed by atoms with E-state index in [1.807, 2.05) is 24.3 Å². The van der Waals surface area contributed by atoms with Crippen LogP contribution in [-0.2, 0) is 0 Å². The highest BCUT2D eigenvalue weighted by Crippen LogP contribution is 2.36. The Kier molecular flexibility index (Phi) is 2.67. The summed E-state index contributed by atoms with van der Waals surface area (Å²) >= 11 is 0. The van der Waals surface area contributed by atoms with Gasteiger partial charge in [-0.15, -0.1) is 0 Å². The van der Waals surface area contributed by atoms with Gasteiger partial charge < -0.3 is 10.2 Å². The van der Waals surface area contributed by atoms with Crippen LogP contribution < -0.4 is 10.2 Å². The van der Waals surface area contributed by atoms with E-state index in [-0.39, 0.29) is 0 Å². The first kappa shape index (κ1) is 12.1. The van der Waals surface area contributed by atoms with Gasteiger partial charge >= 0.3 is 0 Å². The number of aromatic nitrogens is 2. The minimum atomic E-state index is 0.546. The van der Waals surface area contributed by atoms with E-state index in [9.17, 15) is 0 Å². The van der Waals surface area contributed by atoms with Crippen molar-refractivity contribution in [3.05, 3.63) is 30.0 Å². The minimum absolute atomic E-state index is 0.546. The molecule has 2 aliphatic rings. The van der Waals surface area contributed by atoms with Crippen LogP contribution in [0.1, 0.15) is 12.6 Å². The Labute approximate surface area is 119 Å². The zero-order chi connectivity index (χ0) is 13.7. The molecule has 1 aromatic heterocycles. The molecule has 2 saturated heterocycles. The number of hydrogen-bond donors (Lipinski definition) is 1. The maximum absolute atomic E-state index is 4.88. The van der Waals surface area contributed by atoms with Crippen LogP contribution >= 0.6 is 0 Å². The summed E-state index contributed by atoms with van der Waals surface area (Å²) < 4.78 is 0. The van der Waals surface area contributed by atoms with Crippen LogP contribution in [-0.4, -0.2) is 35.6 Å². The normalized spacial score (nSPS) is 29.1. The maximum atomic E-state index is 4.88. The van der Waals surface area contributed by atoms with Gasteiger partial charge in [0.25, 0.3) is 0 Å². The largest absolute Gasteiger partial charge is 0.352 e. The van der Waals surface area contributed by atoms with Crippen LogP contribution in [0, 0.1) is 18.8 Å². The van der Waals surface area contributed by atoms with Gasteiger partial charge in [0.15, 0.2) is 5.82 Å². The van der Waals surface area contributed by atoms with Gasteiger partial charge in [0.05, 0.1) is 16.7 Å². The summed E-state index contributed by atoms with van der Waals surface area (Å²) in [6.07, 6.45) is 0. The molecule has 3 atom stereocenters. The third-order valence-electron chi connectivity index (χ3n) is 4.93. The van der Waals surface area contributed by atoms with Crippen molar-refractivity contribution in [2.24, 2.45) is 11.8 Å². The summed E-state index contributed by atoms with van der Waals surface area (Å²) in [5, 5.41) is 3.51. The van der Waals surface area contributed by atoms with Gasteiger partial charge in [-0.05, 0) is 37.8 Å². The number of para-hydroxylation sites is 2. The third kappa shape index (κ3) is 1.71. The SMILES string of the molecule is Cc1nc2ccccc2nc1N1CC2CNCC2C1C. The zero-order valence-corrected chi connectivity index (χ0v) is 12.0. The number of nitrogens with one attached hydrogen (secondary N) is 1. The van der Waals surface area contributed by atoms with Gasteiger partial charge in [-0.1, -0.05) is 12.1 Å². The summed E-state index contributed by atoms with van der Waals surface area (Å²) in [4.78, 5) is 12.1. The van der Waals surface area contributed by atoms with Crippen molar-refractivity contribution >= 4 is 16.9 Å². The lowest BCUT2D eigenvalue weighted by Gasteiger charge is -2.26. The predicted octanol–water partition coefficient (Wildman–Crippen LogP) is 1.98. The minimum Gasteiger partial charge on any atom is -0.352 e. The predicted molar refractivity (Wildman–Crippen MR) is 80.9 cm³/mol. The second kappa shape index (κ2) is 4.42. The van der Waals surface area contributed by atoms with Crippen molar-refractivity contribution < 1.29 is 0 Å². The summed E-state index contributed by atoms with van der Waals surface area (Å²) in [7, 11) is 0. The molecule has 2 fully saturated rings. The van der Waals surface area contributed by atoms with Gasteiger partial charge in [0.1, 0.15) is 0 Å². The Hall–Kier alpha value is -1.68. The van der Waals surface area contributed by atoms with E-state index < -0.39 is 0 Å². The zero-order valence-electron chi connectivity index (χ0n) is 12.0. The van der Waals surface area contributed by atoms with Crippen molar-refractivity contribution in [2.75, 3.05) is 24.5 Å². The van der Waals surface area contributed by atoms with Crippen LogP contribution in [0.15, 0.2) is 24.3 Å². The molecule has 0 spiro atoms. The Balaban J connectivity index is 1.77. The van der Waals surface area contributed by atoms with Crippen LogP contribution in [0.3, 0.4) is 0 Å². The number of rotatable bonds is 1. The molecule has 2 aliphatic heterocycles. The fourth-order valence-corrected chi connectivity index (χ4v) is 3.80. The molecule has 0 radical (unpaired) electrons. The fraction of sp³-hybridized carbons (Fsp3) is 0.500. The number of anilines is 1. The Morgan fingerprint density at radius 3 is 2.65 bits per heavy atom. The summed E-state index contributed by atoms with van der Waals surface area (Å²) in [5.74, 6) is 2.59. The van der Waals surface area contributed by atoms with Crippen molar-refractivity contribution in [1.29, 1.82) is 0 Å². The lowest BCUT2D eigenvalue weighted by atomic mass is 9.95. The van der Waals surface area contributed by atoms with Crippen molar-refractivity contribution in [3.63, 3.8) is 0 Å². The van der Waals surface area contributed by atoms with Gasteiger partial charge in [0.2, 0.25) is 0 Å². The second-order valence-corrected chi connectivity index (χ2v) is 6.10. The number of fused-ring (bicyclic) bond motifs is 2. The molecule has 0 bridgehead atoms. The molecule has 1 aromatic carbocycles. The second-order valence-electron chi connectivity index (χ2n) is 6.10. The standard InChI is InChI=1S/C16H20N4/c1-10-16(19-15-6-4-3-5-14(15)18-10)20-9-12-7-17-8-13(12)11(20)2/h3-6,11-13,17H,7-9H2,1-2H3. The number of hydrogen-bond acceptors (Lipinski definition) is 4. The van der Waals surface area contributed by atoms with E-state index in [2.05, 4.69) is 24.1 Å². The Morgan fingerprint density at radius 2 is 1.90 bits per heavy atom. The van der Waals surface area contributed by atoms with Crippen LogP contribution in [0.4, 0.5) is 5.82 Å². The first-order valence-electron chi connectivity index (χ1n) is 7.45. The van der Waals surface area contributed by atoms with Crippen LogP contribution in [0.2, 0.25) is 0 Å². The first-order valence-corrected chi connectivity index (χ1v) is 7.45. The molecule has 2 aromatic rings. The van der Waals surface area contributed by atoms with Crippen molar-refractivity contribution in [3.8, 4) is 0 Å². The van der Waals surface area contributed by atoms with Crippen LogP contribution in [0.5, 0.6) is 0 Å². The van der Waals surface area contributed by atoms with Crippen LogP contribution in [0.25, 0.3) is 11.0 Å². The molecule has 0 saturated carbocycles. The highest BCUT2D eigenvalue weighted by molar-refractivity contribution is 5.76. The van der Waals surface area contributed by atoms with E-state index in [4.69, 9.17) is 9.97 Å². The van der Waals surface area contributed by atoms with Gasteiger partial charge in [-0.2, -0.15) is 0 Å². The van der Waals surface area contributed by atoms with E-state index in [0.29, 0.717) is 6.04 Å². The van der Waals surface area contributed by atoms with Crippen molar-refractivity contribution in [2.45, 2.75) is 19.9 Å². The molecule has 1 N–H and O–H groups in total. The van der Waals surface area contributed by atoms with E-state index in [1.165, 1.54) is 0 Å². The molecule has 4 nitrogen and oxygen atoms in total. The summed E-state index contributed by atoms with van der Waals surface area (Å²) in [6.45, 7) is 7.79. The summed E-state index contributed by atoms with van der Waals surface area (Å²) in [6, 6.07) is 8.68. The van der Waals surface area contributed by atoms with Gasteiger partial charge in [0, 0.05) is 25.7 Å². The number of nitrogens with zero attached hydrogens (tertiary/aromatic N) is 3. The fourth-order valence-electron chi connectivity index (χ4n) is 3.80. The smallest absolute Gasteiger partial charge is 0.151 e. The lowest BCUT2D eigenvalue weighted by Crippen LogP contribution is -2.34.